The normalized spacial score (nSPS) is 26.7. The average molecular weight is 764 g/mol. The number of aliphatic hydroxyl groups excluding tert-OH is 1. The highest BCUT2D eigenvalue weighted by Crippen LogP contribution is 2.23. The van der Waals surface area contributed by atoms with E-state index in [1.54, 1.807) is 13.8 Å². The molecule has 1 aliphatic rings. The fourth-order valence-corrected chi connectivity index (χ4v) is 6.63. The number of carboxylic acid groups (broad SMARTS) is 1. The van der Waals surface area contributed by atoms with Crippen LogP contribution in [0.5, 0.6) is 0 Å². The fraction of sp³-hybridized carbons (Fsp3) is 0.679. The molecule has 0 spiro atoms. The molecule has 0 bridgehead atoms. The molecule has 1 rings (SSSR count). The smallest absolute Gasteiger partial charge is 0.305 e. The zero-order valence-corrected chi connectivity index (χ0v) is 30.1. The van der Waals surface area contributed by atoms with Gasteiger partial charge in [0.15, 0.2) is 5.96 Å². The van der Waals surface area contributed by atoms with E-state index in [1.165, 1.54) is 6.92 Å². The molecule has 0 aliphatic carbocycles. The number of nitrogens with two attached hydrogens (primary N) is 4. The minimum atomic E-state index is -1.79. The number of primary amides is 1. The van der Waals surface area contributed by atoms with Crippen LogP contribution in [0.2, 0.25) is 0 Å². The van der Waals surface area contributed by atoms with Gasteiger partial charge in [-0.25, -0.2) is 0 Å². The van der Waals surface area contributed by atoms with Gasteiger partial charge in [0.25, 0.3) is 0 Å². The lowest BCUT2D eigenvalue weighted by atomic mass is 10.0. The van der Waals surface area contributed by atoms with Crippen LogP contribution in [0, 0.1) is 5.92 Å². The molecule has 16 N–H and O–H groups in total. The van der Waals surface area contributed by atoms with Gasteiger partial charge >= 0.3 is 5.97 Å². The third kappa shape index (κ3) is 16.9. The van der Waals surface area contributed by atoms with Crippen LogP contribution in [-0.2, 0) is 38.4 Å². The van der Waals surface area contributed by atoms with Crippen LogP contribution >= 0.6 is 21.6 Å². The summed E-state index contributed by atoms with van der Waals surface area (Å²) in [7, 11) is 2.15. The van der Waals surface area contributed by atoms with Gasteiger partial charge in [-0.2, -0.15) is 0 Å². The van der Waals surface area contributed by atoms with E-state index in [-0.39, 0.29) is 49.2 Å². The van der Waals surface area contributed by atoms with Gasteiger partial charge in [-0.1, -0.05) is 35.4 Å². The van der Waals surface area contributed by atoms with Gasteiger partial charge in [0.2, 0.25) is 41.4 Å². The maximum absolute atomic E-state index is 13.3. The first-order valence-electron chi connectivity index (χ1n) is 15.9. The van der Waals surface area contributed by atoms with E-state index >= 15 is 0 Å². The second kappa shape index (κ2) is 22.5. The van der Waals surface area contributed by atoms with Gasteiger partial charge in [0.05, 0.1) is 19.1 Å². The van der Waals surface area contributed by atoms with Crippen molar-refractivity contribution in [2.24, 2.45) is 33.8 Å². The molecule has 21 nitrogen and oxygen atoms in total. The summed E-state index contributed by atoms with van der Waals surface area (Å²) in [4.78, 5) is 106. The van der Waals surface area contributed by atoms with E-state index in [1.807, 2.05) is 0 Å². The van der Waals surface area contributed by atoms with Crippen molar-refractivity contribution in [1.82, 2.24) is 31.9 Å². The Morgan fingerprint density at radius 2 is 1.31 bits per heavy atom. The number of aliphatic carboxylic acids is 1. The minimum absolute atomic E-state index is 0.0180. The van der Waals surface area contributed by atoms with Crippen molar-refractivity contribution in [2.75, 3.05) is 24.7 Å². The zero-order valence-electron chi connectivity index (χ0n) is 28.5. The number of aliphatic imine (C=N–C) groups is 1. The van der Waals surface area contributed by atoms with Crippen LogP contribution < -0.4 is 54.8 Å². The number of nitrogens with zero attached hydrogens (tertiary/aromatic N) is 1. The standard InChI is InChI=1S/C28H49N11O10S2/c1-12(2)7-16-26(48)39-19(21(30)43)11-51-50-10-14(29)23(45)35-15(5-4-6-33-28(31)32)24(46)38-18(9-40)27(49)37-17(8-20(41)42)25(47)34-13(3)22(44)36-16/h12-19,40H,4-11,29H2,1-3H3,(H2,30,43)(H,34,47)(H,35,45)(H,36,44)(H,37,49)(H,38,46)(H,39,48)(H,41,42)(H4,31,32,33)/t13-,14-,15-,16-,17-,18-,19-/m0/s1. The van der Waals surface area contributed by atoms with Crippen LogP contribution in [0.15, 0.2) is 4.99 Å². The Labute approximate surface area is 302 Å². The number of guanidine groups is 1. The number of carbonyl (C=O) groups is 8. The van der Waals surface area contributed by atoms with Crippen LogP contribution in [0.3, 0.4) is 0 Å². The summed E-state index contributed by atoms with van der Waals surface area (Å²) in [5.74, 6) is -8.33. The molecular formula is C28H49N11O10S2. The Bertz CT molecular complexity index is 1300. The lowest BCUT2D eigenvalue weighted by molar-refractivity contribution is -0.141. The molecule has 1 saturated heterocycles. The topological polar surface area (TPSA) is 366 Å². The highest BCUT2D eigenvalue weighted by atomic mass is 33.1. The Balaban J connectivity index is 3.47. The van der Waals surface area contributed by atoms with Crippen LogP contribution in [-0.4, -0.2) is 130 Å². The summed E-state index contributed by atoms with van der Waals surface area (Å²) >= 11 is 0. The molecule has 0 aromatic carbocycles. The number of carboxylic acids is 1. The first-order chi connectivity index (χ1) is 23.9. The molecule has 0 unspecified atom stereocenters. The predicted molar refractivity (Wildman–Crippen MR) is 188 cm³/mol. The number of aliphatic hydroxyl groups is 1. The predicted octanol–water partition coefficient (Wildman–Crippen LogP) is -5.31. The molecule has 1 fully saturated rings. The average Bonchev–Trinajstić information content (AvgIpc) is 3.03. The number of carbonyl (C=O) groups excluding carboxylic acids is 7. The van der Waals surface area contributed by atoms with Crippen molar-refractivity contribution in [3.8, 4) is 0 Å². The highest BCUT2D eigenvalue weighted by Gasteiger charge is 2.33. The summed E-state index contributed by atoms with van der Waals surface area (Å²) < 4.78 is 0. The van der Waals surface area contributed by atoms with Crippen LogP contribution in [0.25, 0.3) is 0 Å². The highest BCUT2D eigenvalue weighted by molar-refractivity contribution is 8.76. The van der Waals surface area contributed by atoms with E-state index in [0.717, 1.165) is 21.6 Å². The molecule has 1 heterocycles. The summed E-state index contributed by atoms with van der Waals surface area (Å²) in [6, 6.07) is -9.71. The largest absolute Gasteiger partial charge is 0.481 e. The van der Waals surface area contributed by atoms with Gasteiger partial charge in [-0.3, -0.25) is 43.3 Å². The molecule has 288 valence electrons. The quantitative estimate of drug-likeness (QED) is 0.0428. The van der Waals surface area contributed by atoms with Gasteiger partial charge in [-0.05, 0) is 32.1 Å². The Morgan fingerprint density at radius 1 is 0.784 bits per heavy atom. The number of hydrogen-bond donors (Lipinski definition) is 12. The van der Waals surface area contributed by atoms with E-state index in [0.29, 0.717) is 0 Å². The number of nitrogens with one attached hydrogen (secondary N) is 6. The molecular weight excluding hydrogens is 715 g/mol. The van der Waals surface area contributed by atoms with Crippen molar-refractivity contribution in [1.29, 1.82) is 0 Å². The lowest BCUT2D eigenvalue weighted by Gasteiger charge is -2.26. The summed E-state index contributed by atoms with van der Waals surface area (Å²) in [5, 5.41) is 33.5. The summed E-state index contributed by atoms with van der Waals surface area (Å²) in [6.45, 7) is 3.89. The molecule has 0 aromatic heterocycles. The molecule has 23 heteroatoms. The van der Waals surface area contributed by atoms with E-state index in [2.05, 4.69) is 36.9 Å². The zero-order chi connectivity index (χ0) is 38.8. The Kier molecular flexibility index (Phi) is 19.7. The number of hydrogen-bond acceptors (Lipinski definition) is 13. The molecule has 0 saturated carbocycles. The monoisotopic (exact) mass is 763 g/mol. The summed E-state index contributed by atoms with van der Waals surface area (Å²) in [6.07, 6.45) is -0.708. The third-order valence-corrected chi connectivity index (χ3v) is 9.51. The number of rotatable bonds is 10. The lowest BCUT2D eigenvalue weighted by Crippen LogP contribution is -2.60. The third-order valence-electron chi connectivity index (χ3n) is 7.06. The maximum Gasteiger partial charge on any atom is 0.305 e. The van der Waals surface area contributed by atoms with Gasteiger partial charge < -0.3 is 65.0 Å². The second-order valence-corrected chi connectivity index (χ2v) is 14.5. The van der Waals surface area contributed by atoms with Crippen molar-refractivity contribution in [3.63, 3.8) is 0 Å². The van der Waals surface area contributed by atoms with Crippen molar-refractivity contribution < 1.29 is 48.6 Å². The SMILES string of the molecule is CC(C)C[C@@H]1NC(=O)[C@H](C)NC(=O)[C@H](CC(=O)O)NC(=O)[C@H](CO)NC(=O)[C@H](CCCN=C(N)N)NC(=O)[C@@H](N)CSSC[C@@H](C(N)=O)NC1=O. The van der Waals surface area contributed by atoms with E-state index < -0.39 is 103 Å². The second-order valence-electron chi connectivity index (χ2n) is 12.0. The Morgan fingerprint density at radius 3 is 1.88 bits per heavy atom. The number of amides is 7. The van der Waals surface area contributed by atoms with Gasteiger partial charge in [0, 0.05) is 18.1 Å². The molecule has 0 aromatic rings. The van der Waals surface area contributed by atoms with Gasteiger partial charge in [0.1, 0.15) is 36.3 Å². The van der Waals surface area contributed by atoms with E-state index in [4.69, 9.17) is 22.9 Å². The molecule has 1 aliphatic heterocycles. The molecule has 7 amide bonds. The van der Waals surface area contributed by atoms with Crippen LogP contribution in [0.1, 0.15) is 46.5 Å². The Hall–Kier alpha value is -4.35. The maximum atomic E-state index is 13.3. The van der Waals surface area contributed by atoms with E-state index in [9.17, 15) is 48.6 Å². The molecule has 7 atom stereocenters. The van der Waals surface area contributed by atoms with Gasteiger partial charge in [-0.15, -0.1) is 0 Å². The first-order valence-corrected chi connectivity index (χ1v) is 18.3. The van der Waals surface area contributed by atoms with Crippen LogP contribution in [0.4, 0.5) is 0 Å². The van der Waals surface area contributed by atoms with Crippen molar-refractivity contribution in [2.45, 2.75) is 88.7 Å². The van der Waals surface area contributed by atoms with Crippen molar-refractivity contribution in [3.05, 3.63) is 0 Å². The van der Waals surface area contributed by atoms with Crippen molar-refractivity contribution >= 4 is 74.9 Å². The fourth-order valence-electron chi connectivity index (χ4n) is 4.33. The molecule has 51 heavy (non-hydrogen) atoms. The first kappa shape index (κ1) is 44.7. The molecule has 0 radical (unpaired) electrons. The minimum Gasteiger partial charge on any atom is -0.481 e. The summed E-state index contributed by atoms with van der Waals surface area (Å²) in [5.41, 5.74) is 22.2.